The summed E-state index contributed by atoms with van der Waals surface area (Å²) < 4.78 is 0. The topological polar surface area (TPSA) is 81.7 Å². The molecule has 0 unspecified atom stereocenters. The van der Waals surface area contributed by atoms with Gasteiger partial charge in [-0.25, -0.2) is 9.59 Å². The molecule has 0 aliphatic carbocycles. The molecule has 0 atom stereocenters. The van der Waals surface area contributed by atoms with Crippen molar-refractivity contribution in [2.75, 3.05) is 26.2 Å². The molecule has 0 heterocycles. The first-order chi connectivity index (χ1) is 7.83. The number of nitrogens with zero attached hydrogens (tertiary/aromatic N) is 1. The fourth-order valence-electron chi connectivity index (χ4n) is 1.25. The highest BCUT2D eigenvalue weighted by atomic mass is 16.4. The van der Waals surface area contributed by atoms with E-state index in [-0.39, 0.29) is 0 Å². The molecule has 0 saturated carbocycles. The zero-order valence-corrected chi connectivity index (χ0v) is 11.0. The highest BCUT2D eigenvalue weighted by molar-refractivity contribution is 5.85. The van der Waals surface area contributed by atoms with Crippen molar-refractivity contribution >= 4 is 12.0 Å². The second kappa shape index (κ2) is 7.11. The molecule has 0 spiro atoms. The average molecular weight is 245 g/mol. The Morgan fingerprint density at radius 2 is 1.76 bits per heavy atom. The van der Waals surface area contributed by atoms with Crippen molar-refractivity contribution in [1.29, 1.82) is 0 Å². The van der Waals surface area contributed by atoms with Gasteiger partial charge in [-0.15, -0.1) is 0 Å². The van der Waals surface area contributed by atoms with Crippen molar-refractivity contribution in [2.24, 2.45) is 0 Å². The summed E-state index contributed by atoms with van der Waals surface area (Å²) in [5.41, 5.74) is -1.25. The summed E-state index contributed by atoms with van der Waals surface area (Å²) in [5.74, 6) is -1.06. The third kappa shape index (κ3) is 6.11. The third-order valence-electron chi connectivity index (χ3n) is 2.57. The summed E-state index contributed by atoms with van der Waals surface area (Å²) in [5, 5.41) is 13.9. The van der Waals surface area contributed by atoms with Crippen LogP contribution in [0.15, 0.2) is 0 Å². The summed E-state index contributed by atoms with van der Waals surface area (Å²) >= 11 is 0. The van der Waals surface area contributed by atoms with Gasteiger partial charge in [-0.05, 0) is 26.9 Å². The Hall–Kier alpha value is -1.30. The number of aliphatic carboxylic acids is 1. The van der Waals surface area contributed by atoms with Crippen LogP contribution in [0.5, 0.6) is 0 Å². The first kappa shape index (κ1) is 15.7. The number of urea groups is 1. The first-order valence-electron chi connectivity index (χ1n) is 5.85. The molecule has 0 aliphatic heterocycles. The molecule has 3 N–H and O–H groups in total. The normalized spacial score (nSPS) is 11.4. The standard InChI is InChI=1S/C11H23N3O3/c1-5-14(6-2)8-7-12-10(17)13-11(3,4)9(15)16/h5-8H2,1-4H3,(H,15,16)(H2,12,13,17). The lowest BCUT2D eigenvalue weighted by Crippen LogP contribution is -2.53. The number of likely N-dealkylation sites (N-methyl/N-ethyl adjacent to an activating group) is 1. The summed E-state index contributed by atoms with van der Waals surface area (Å²) in [6.45, 7) is 10.1. The smallest absolute Gasteiger partial charge is 0.328 e. The highest BCUT2D eigenvalue weighted by Crippen LogP contribution is 2.00. The molecule has 0 radical (unpaired) electrons. The molecule has 100 valence electrons. The number of amides is 2. The molecule has 0 bridgehead atoms. The van der Waals surface area contributed by atoms with Crippen LogP contribution in [-0.2, 0) is 4.79 Å². The molecule has 0 aliphatic rings. The van der Waals surface area contributed by atoms with E-state index in [4.69, 9.17) is 5.11 Å². The van der Waals surface area contributed by atoms with E-state index in [9.17, 15) is 9.59 Å². The van der Waals surface area contributed by atoms with Gasteiger partial charge >= 0.3 is 12.0 Å². The predicted octanol–water partition coefficient (Wildman–Crippen LogP) is 0.491. The summed E-state index contributed by atoms with van der Waals surface area (Å²) in [6, 6.07) is -0.454. The third-order valence-corrected chi connectivity index (χ3v) is 2.57. The number of carboxylic acids is 1. The molecule has 0 aromatic heterocycles. The van der Waals surface area contributed by atoms with Gasteiger partial charge in [0.25, 0.3) is 0 Å². The molecular weight excluding hydrogens is 222 g/mol. The van der Waals surface area contributed by atoms with Crippen LogP contribution in [0.3, 0.4) is 0 Å². The van der Waals surface area contributed by atoms with Gasteiger partial charge in [0.2, 0.25) is 0 Å². The minimum absolute atomic E-state index is 0.454. The van der Waals surface area contributed by atoms with Crippen molar-refractivity contribution in [2.45, 2.75) is 33.2 Å². The highest BCUT2D eigenvalue weighted by Gasteiger charge is 2.28. The second-order valence-corrected chi connectivity index (χ2v) is 4.34. The number of hydrogen-bond donors (Lipinski definition) is 3. The first-order valence-corrected chi connectivity index (χ1v) is 5.85. The number of carbonyl (C=O) groups excluding carboxylic acids is 1. The van der Waals surface area contributed by atoms with Gasteiger partial charge < -0.3 is 20.6 Å². The maximum atomic E-state index is 11.4. The lowest BCUT2D eigenvalue weighted by Gasteiger charge is -2.22. The maximum absolute atomic E-state index is 11.4. The van der Waals surface area contributed by atoms with E-state index in [1.54, 1.807) is 0 Å². The Kier molecular flexibility index (Phi) is 6.57. The number of carboxylic acid groups (broad SMARTS) is 1. The Morgan fingerprint density at radius 1 is 1.24 bits per heavy atom. The molecule has 6 heteroatoms. The molecule has 0 aromatic rings. The van der Waals surface area contributed by atoms with Gasteiger partial charge in [0.05, 0.1) is 0 Å². The van der Waals surface area contributed by atoms with Gasteiger partial charge in [-0.1, -0.05) is 13.8 Å². The van der Waals surface area contributed by atoms with Crippen molar-refractivity contribution in [3.05, 3.63) is 0 Å². The van der Waals surface area contributed by atoms with Gasteiger partial charge in [0.1, 0.15) is 5.54 Å². The van der Waals surface area contributed by atoms with Crippen molar-refractivity contribution < 1.29 is 14.7 Å². The largest absolute Gasteiger partial charge is 0.480 e. The van der Waals surface area contributed by atoms with E-state index in [2.05, 4.69) is 29.4 Å². The number of rotatable bonds is 7. The van der Waals surface area contributed by atoms with Gasteiger partial charge in [0.15, 0.2) is 0 Å². The molecule has 17 heavy (non-hydrogen) atoms. The summed E-state index contributed by atoms with van der Waals surface area (Å²) in [7, 11) is 0. The Balaban J connectivity index is 3.92. The maximum Gasteiger partial charge on any atom is 0.328 e. The predicted molar refractivity (Wildman–Crippen MR) is 66.0 cm³/mol. The average Bonchev–Trinajstić information content (AvgIpc) is 2.23. The van der Waals surface area contributed by atoms with Crippen LogP contribution in [0.2, 0.25) is 0 Å². The van der Waals surface area contributed by atoms with E-state index in [1.807, 2.05) is 0 Å². The molecule has 2 amide bonds. The number of hydrogen-bond acceptors (Lipinski definition) is 3. The van der Waals surface area contributed by atoms with Crippen molar-refractivity contribution in [3.63, 3.8) is 0 Å². The van der Waals surface area contributed by atoms with Crippen LogP contribution in [-0.4, -0.2) is 53.7 Å². The molecule has 0 saturated heterocycles. The van der Waals surface area contributed by atoms with Gasteiger partial charge in [-0.3, -0.25) is 0 Å². The minimum Gasteiger partial charge on any atom is -0.480 e. The summed E-state index contributed by atoms with van der Waals surface area (Å²) in [6.07, 6.45) is 0. The van der Waals surface area contributed by atoms with E-state index in [1.165, 1.54) is 13.8 Å². The SMILES string of the molecule is CCN(CC)CCNC(=O)NC(C)(C)C(=O)O. The van der Waals surface area contributed by atoms with E-state index < -0.39 is 17.5 Å². The molecule has 0 fully saturated rings. The van der Waals surface area contributed by atoms with E-state index in [0.29, 0.717) is 6.54 Å². The number of nitrogens with one attached hydrogen (secondary N) is 2. The summed E-state index contributed by atoms with van der Waals surface area (Å²) in [4.78, 5) is 24.4. The Morgan fingerprint density at radius 3 is 2.18 bits per heavy atom. The van der Waals surface area contributed by atoms with Crippen LogP contribution in [0.4, 0.5) is 4.79 Å². The minimum atomic E-state index is -1.25. The van der Waals surface area contributed by atoms with Crippen LogP contribution >= 0.6 is 0 Å². The van der Waals surface area contributed by atoms with Crippen LogP contribution in [0, 0.1) is 0 Å². The molecule has 6 nitrogen and oxygen atoms in total. The number of carbonyl (C=O) groups is 2. The van der Waals surface area contributed by atoms with E-state index >= 15 is 0 Å². The zero-order chi connectivity index (χ0) is 13.5. The monoisotopic (exact) mass is 245 g/mol. The van der Waals surface area contributed by atoms with Gasteiger partial charge in [0, 0.05) is 13.1 Å². The van der Waals surface area contributed by atoms with Crippen LogP contribution < -0.4 is 10.6 Å². The Bertz CT molecular complexity index is 263. The molecule has 0 aromatic carbocycles. The van der Waals surface area contributed by atoms with Crippen LogP contribution in [0.25, 0.3) is 0 Å². The molecule has 0 rings (SSSR count). The Labute approximate surface area is 102 Å². The van der Waals surface area contributed by atoms with Crippen molar-refractivity contribution in [1.82, 2.24) is 15.5 Å². The fraction of sp³-hybridized carbons (Fsp3) is 0.818. The lowest BCUT2D eigenvalue weighted by molar-refractivity contribution is -0.142. The van der Waals surface area contributed by atoms with Crippen molar-refractivity contribution in [3.8, 4) is 0 Å². The second-order valence-electron chi connectivity index (χ2n) is 4.34. The quantitative estimate of drug-likeness (QED) is 0.609. The lowest BCUT2D eigenvalue weighted by atomic mass is 10.1. The van der Waals surface area contributed by atoms with Gasteiger partial charge in [-0.2, -0.15) is 0 Å². The van der Waals surface area contributed by atoms with Crippen LogP contribution in [0.1, 0.15) is 27.7 Å². The molecular formula is C11H23N3O3. The van der Waals surface area contributed by atoms with E-state index in [0.717, 1.165) is 19.6 Å². The fourth-order valence-corrected chi connectivity index (χ4v) is 1.25. The zero-order valence-electron chi connectivity index (χ0n) is 11.0.